The number of hydrogen-bond donors (Lipinski definition) is 0. The highest BCUT2D eigenvalue weighted by Gasteiger charge is 2.55. The van der Waals surface area contributed by atoms with E-state index in [0.717, 1.165) is 12.1 Å². The van der Waals surface area contributed by atoms with Crippen molar-refractivity contribution in [2.45, 2.75) is 25.7 Å². The van der Waals surface area contributed by atoms with E-state index in [9.17, 15) is 26.3 Å². The highest BCUT2D eigenvalue weighted by Crippen LogP contribution is 2.45. The second-order valence-corrected chi connectivity index (χ2v) is 7.15. The first kappa shape index (κ1) is 17.1. The van der Waals surface area contributed by atoms with Crippen LogP contribution in [0, 0.1) is 0 Å². The first-order valence-corrected chi connectivity index (χ1v) is 7.93. The van der Waals surface area contributed by atoms with E-state index < -0.39 is 38.6 Å². The van der Waals surface area contributed by atoms with E-state index in [2.05, 4.69) is 0 Å². The summed E-state index contributed by atoms with van der Waals surface area (Å²) >= 11 is -0.527. The minimum atomic E-state index is -4.66. The molecule has 1 unspecified atom stereocenters. The van der Waals surface area contributed by atoms with Gasteiger partial charge in [0.25, 0.3) is 0 Å². The Balaban J connectivity index is 2.54. The Morgan fingerprint density at radius 2 is 1.27 bits per heavy atom. The van der Waals surface area contributed by atoms with Crippen LogP contribution in [0.3, 0.4) is 0 Å². The van der Waals surface area contributed by atoms with Gasteiger partial charge in [-0.25, -0.2) is 0 Å². The van der Waals surface area contributed by atoms with Crippen LogP contribution in [-0.4, -0.2) is 11.0 Å². The molecule has 2 rings (SSSR count). The van der Waals surface area contributed by atoms with Crippen molar-refractivity contribution in [2.75, 3.05) is 0 Å². The number of alkyl halides is 6. The highest BCUT2D eigenvalue weighted by atomic mass is 32.2. The maximum atomic E-state index is 13.4. The third-order valence-corrected chi connectivity index (χ3v) is 5.44. The summed E-state index contributed by atoms with van der Waals surface area (Å²) in [4.78, 5) is -0.867. The Hall–Kier alpha value is -1.28. The molecule has 0 bridgehead atoms. The fraction of sp³-hybridized carbons (Fsp3) is 0.143. The number of halogens is 6. The van der Waals surface area contributed by atoms with E-state index in [0.29, 0.717) is 0 Å². The second kappa shape index (κ2) is 6.45. The van der Waals surface area contributed by atoms with Gasteiger partial charge < -0.3 is 0 Å². The summed E-state index contributed by atoms with van der Waals surface area (Å²) in [7, 11) is -2.44. The van der Waals surface area contributed by atoms with Crippen molar-refractivity contribution in [2.24, 2.45) is 0 Å². The van der Waals surface area contributed by atoms with Crippen LogP contribution in [0.15, 0.2) is 69.3 Å². The second-order valence-electron chi connectivity index (χ2n) is 4.06. The van der Waals surface area contributed by atoms with Crippen molar-refractivity contribution < 1.29 is 26.3 Å². The predicted molar refractivity (Wildman–Crippen MR) is 74.7 cm³/mol. The quantitative estimate of drug-likeness (QED) is 0.378. The van der Waals surface area contributed by atoms with Gasteiger partial charge in [-0.2, -0.15) is 13.2 Å². The lowest BCUT2D eigenvalue weighted by atomic mass is 10.4. The van der Waals surface area contributed by atoms with Crippen molar-refractivity contribution in [3.63, 3.8) is 0 Å². The molecule has 0 nitrogen and oxygen atoms in total. The molecule has 2 aromatic carbocycles. The molecular formula is C14H9F6S2+. The van der Waals surface area contributed by atoms with Crippen LogP contribution in [-0.2, 0) is 10.9 Å². The van der Waals surface area contributed by atoms with Crippen LogP contribution >= 0.6 is 11.8 Å². The maximum Gasteiger partial charge on any atom is 0.586 e. The molecule has 0 radical (unpaired) electrons. The van der Waals surface area contributed by atoms with Crippen LogP contribution in [0.2, 0.25) is 0 Å². The molecular weight excluding hydrogens is 346 g/mol. The number of benzene rings is 2. The van der Waals surface area contributed by atoms with Crippen molar-refractivity contribution in [3.8, 4) is 0 Å². The Bertz CT molecular complexity index is 621. The van der Waals surface area contributed by atoms with E-state index in [-0.39, 0.29) is 9.79 Å². The van der Waals surface area contributed by atoms with Gasteiger partial charge in [0, 0.05) is 0 Å². The molecule has 0 spiro atoms. The molecule has 22 heavy (non-hydrogen) atoms. The predicted octanol–water partition coefficient (Wildman–Crippen LogP) is 5.85. The average molecular weight is 355 g/mol. The first-order valence-electron chi connectivity index (χ1n) is 5.89. The minimum Gasteiger partial charge on any atom is -0.160 e. The smallest absolute Gasteiger partial charge is 0.160 e. The molecule has 2 aromatic rings. The van der Waals surface area contributed by atoms with Crippen molar-refractivity contribution in [3.05, 3.63) is 54.6 Å². The first-order chi connectivity index (χ1) is 10.2. The molecule has 0 amide bonds. The van der Waals surface area contributed by atoms with E-state index in [1.807, 2.05) is 0 Å². The molecule has 8 heteroatoms. The van der Waals surface area contributed by atoms with Gasteiger partial charge >= 0.3 is 11.0 Å². The highest BCUT2D eigenvalue weighted by molar-refractivity contribution is 8.02. The van der Waals surface area contributed by atoms with Crippen LogP contribution in [0.1, 0.15) is 0 Å². The summed E-state index contributed by atoms with van der Waals surface area (Å²) in [5, 5.41) is 0. The van der Waals surface area contributed by atoms with E-state index in [4.69, 9.17) is 0 Å². The zero-order chi connectivity index (χ0) is 16.4. The zero-order valence-electron chi connectivity index (χ0n) is 10.8. The van der Waals surface area contributed by atoms with Crippen molar-refractivity contribution >= 4 is 22.7 Å². The van der Waals surface area contributed by atoms with Crippen LogP contribution in [0.4, 0.5) is 26.3 Å². The molecule has 0 saturated heterocycles. The molecule has 118 valence electrons. The average Bonchev–Trinajstić information content (AvgIpc) is 2.39. The van der Waals surface area contributed by atoms with Gasteiger partial charge in [-0.05, 0) is 36.0 Å². The third-order valence-electron chi connectivity index (χ3n) is 2.51. The number of rotatable bonds is 3. The Kier molecular flexibility index (Phi) is 5.01. The normalized spacial score (nSPS) is 13.9. The summed E-state index contributed by atoms with van der Waals surface area (Å²) in [5.74, 6) is 0. The fourth-order valence-corrected chi connectivity index (χ4v) is 4.39. The van der Waals surface area contributed by atoms with E-state index >= 15 is 0 Å². The fourth-order valence-electron chi connectivity index (χ4n) is 1.77. The summed E-state index contributed by atoms with van der Waals surface area (Å²) in [6.07, 6.45) is 0. The zero-order valence-corrected chi connectivity index (χ0v) is 12.4. The van der Waals surface area contributed by atoms with Crippen molar-refractivity contribution in [1.82, 2.24) is 0 Å². The SMILES string of the molecule is FC(F)(F)Sc1ccccc1[S+](c1ccccc1)C(F)(F)F. The molecule has 0 saturated carbocycles. The molecule has 1 atom stereocenters. The third kappa shape index (κ3) is 4.36. The van der Waals surface area contributed by atoms with Crippen LogP contribution < -0.4 is 0 Å². The summed E-state index contributed by atoms with van der Waals surface area (Å²) in [6.45, 7) is 0. The van der Waals surface area contributed by atoms with E-state index in [1.54, 1.807) is 6.07 Å². The Morgan fingerprint density at radius 1 is 0.727 bits per heavy atom. The molecule has 0 aliphatic carbocycles. The summed E-state index contributed by atoms with van der Waals surface area (Å²) < 4.78 is 78.0. The standard InChI is InChI=1S/C14H9F6S2/c15-13(16,17)21-11-8-4-5-9-12(11)22(14(18,19)20)10-6-2-1-3-7-10/h1-9H/q+1. The lowest BCUT2D eigenvalue weighted by Crippen LogP contribution is -2.25. The maximum absolute atomic E-state index is 13.4. The van der Waals surface area contributed by atoms with Gasteiger partial charge in [-0.15, -0.1) is 13.2 Å². The molecule has 0 aliphatic heterocycles. The molecule has 0 fully saturated rings. The molecule has 0 N–H and O–H groups in total. The Labute approximate surface area is 129 Å². The van der Waals surface area contributed by atoms with Gasteiger partial charge in [0.05, 0.1) is 4.90 Å². The van der Waals surface area contributed by atoms with Gasteiger partial charge in [0.1, 0.15) is 0 Å². The van der Waals surface area contributed by atoms with Gasteiger partial charge in [0.15, 0.2) is 20.7 Å². The Morgan fingerprint density at radius 3 is 1.82 bits per heavy atom. The topological polar surface area (TPSA) is 0 Å². The monoisotopic (exact) mass is 355 g/mol. The van der Waals surface area contributed by atoms with Gasteiger partial charge in [-0.3, -0.25) is 0 Å². The molecule has 0 heterocycles. The molecule has 0 aromatic heterocycles. The number of thioether (sulfide) groups is 1. The van der Waals surface area contributed by atoms with Gasteiger partial charge in [-0.1, -0.05) is 30.3 Å². The molecule has 0 aliphatic rings. The minimum absolute atomic E-state index is 0.0646. The van der Waals surface area contributed by atoms with Crippen LogP contribution in [0.5, 0.6) is 0 Å². The summed E-state index contributed by atoms with van der Waals surface area (Å²) in [5.41, 5.74) is -9.31. The number of hydrogen-bond acceptors (Lipinski definition) is 1. The van der Waals surface area contributed by atoms with Crippen LogP contribution in [0.25, 0.3) is 0 Å². The lowest BCUT2D eigenvalue weighted by molar-refractivity contribution is -0.0378. The summed E-state index contributed by atoms with van der Waals surface area (Å²) in [6, 6.07) is 11.7. The van der Waals surface area contributed by atoms with Crippen molar-refractivity contribution in [1.29, 1.82) is 0 Å². The lowest BCUT2D eigenvalue weighted by Gasteiger charge is -2.14. The largest absolute Gasteiger partial charge is 0.586 e. The van der Waals surface area contributed by atoms with E-state index in [1.165, 1.54) is 36.4 Å². The van der Waals surface area contributed by atoms with Gasteiger partial charge in [0.2, 0.25) is 0 Å².